The van der Waals surface area contributed by atoms with Crippen LogP contribution in [0.4, 0.5) is 4.39 Å². The molecular formula is C18H20FNO. The Kier molecular flexibility index (Phi) is 3.93. The summed E-state index contributed by atoms with van der Waals surface area (Å²) in [5.41, 5.74) is 3.09. The number of hydrogen-bond donors (Lipinski definition) is 1. The van der Waals surface area contributed by atoms with Gasteiger partial charge in [-0.05, 0) is 62.1 Å². The van der Waals surface area contributed by atoms with Crippen molar-refractivity contribution >= 4 is 0 Å². The first-order valence-corrected chi connectivity index (χ1v) is 7.39. The maximum atomic E-state index is 13.5. The van der Waals surface area contributed by atoms with Gasteiger partial charge >= 0.3 is 0 Å². The summed E-state index contributed by atoms with van der Waals surface area (Å²) in [5, 5.41) is 3.41. The van der Waals surface area contributed by atoms with Crippen molar-refractivity contribution in [1.82, 2.24) is 5.32 Å². The normalized spacial score (nSPS) is 14.2. The van der Waals surface area contributed by atoms with Crippen molar-refractivity contribution < 1.29 is 9.13 Å². The zero-order chi connectivity index (χ0) is 14.8. The minimum Gasteiger partial charge on any atom is -0.457 e. The molecule has 3 rings (SSSR count). The molecule has 2 nitrogen and oxygen atoms in total. The molecule has 21 heavy (non-hydrogen) atoms. The van der Waals surface area contributed by atoms with Crippen LogP contribution in [0.3, 0.4) is 0 Å². The summed E-state index contributed by atoms with van der Waals surface area (Å²) in [5.74, 6) is 1.32. The van der Waals surface area contributed by atoms with Gasteiger partial charge in [-0.25, -0.2) is 4.39 Å². The van der Waals surface area contributed by atoms with Gasteiger partial charge in [0.2, 0.25) is 0 Å². The molecule has 2 aromatic carbocycles. The Labute approximate surface area is 125 Å². The molecular weight excluding hydrogens is 265 g/mol. The van der Waals surface area contributed by atoms with E-state index >= 15 is 0 Å². The van der Waals surface area contributed by atoms with Gasteiger partial charge in [0.15, 0.2) is 0 Å². The Balaban J connectivity index is 1.84. The van der Waals surface area contributed by atoms with Gasteiger partial charge in [-0.1, -0.05) is 12.1 Å². The summed E-state index contributed by atoms with van der Waals surface area (Å²) < 4.78 is 19.5. The molecule has 0 spiro atoms. The fourth-order valence-corrected chi connectivity index (χ4v) is 2.26. The third-order valence-electron chi connectivity index (χ3n) is 3.74. The molecule has 1 saturated carbocycles. The van der Waals surface area contributed by atoms with Gasteiger partial charge in [0.25, 0.3) is 0 Å². The summed E-state index contributed by atoms with van der Waals surface area (Å²) in [6.45, 7) is 4.69. The standard InChI is InChI=1S/C18H20FNO/c1-12-3-4-13(2)18(9-12)21-17-8-5-15(19)10-14(17)11-20-16-6-7-16/h3-5,8-10,16,20H,6-7,11H2,1-2H3. The molecule has 0 saturated heterocycles. The van der Waals surface area contributed by atoms with E-state index in [1.807, 2.05) is 26.0 Å². The van der Waals surface area contributed by atoms with Crippen molar-refractivity contribution in [3.63, 3.8) is 0 Å². The summed E-state index contributed by atoms with van der Waals surface area (Å²) in [7, 11) is 0. The Morgan fingerprint density at radius 2 is 1.90 bits per heavy atom. The predicted molar refractivity (Wildman–Crippen MR) is 82.3 cm³/mol. The summed E-state index contributed by atoms with van der Waals surface area (Å²) >= 11 is 0. The molecule has 0 radical (unpaired) electrons. The van der Waals surface area contributed by atoms with Gasteiger partial charge in [-0.2, -0.15) is 0 Å². The van der Waals surface area contributed by atoms with Crippen molar-refractivity contribution in [2.24, 2.45) is 0 Å². The van der Waals surface area contributed by atoms with Crippen LogP contribution in [0.25, 0.3) is 0 Å². The number of halogens is 1. The lowest BCUT2D eigenvalue weighted by Crippen LogP contribution is -2.16. The first kappa shape index (κ1) is 14.1. The number of rotatable bonds is 5. The molecule has 110 valence electrons. The van der Waals surface area contributed by atoms with Crippen molar-refractivity contribution in [3.8, 4) is 11.5 Å². The van der Waals surface area contributed by atoms with E-state index in [-0.39, 0.29) is 5.82 Å². The summed E-state index contributed by atoms with van der Waals surface area (Å²) in [6, 6.07) is 11.4. The van der Waals surface area contributed by atoms with Crippen LogP contribution in [0.5, 0.6) is 11.5 Å². The molecule has 1 N–H and O–H groups in total. The highest BCUT2D eigenvalue weighted by Gasteiger charge is 2.21. The maximum Gasteiger partial charge on any atom is 0.132 e. The van der Waals surface area contributed by atoms with E-state index in [9.17, 15) is 4.39 Å². The molecule has 1 aliphatic carbocycles. The predicted octanol–water partition coefficient (Wildman–Crippen LogP) is 4.49. The Morgan fingerprint density at radius 1 is 1.10 bits per heavy atom. The summed E-state index contributed by atoms with van der Waals surface area (Å²) in [6.07, 6.45) is 2.42. The molecule has 1 aliphatic rings. The van der Waals surface area contributed by atoms with Gasteiger partial charge in [-0.3, -0.25) is 0 Å². The van der Waals surface area contributed by atoms with Crippen LogP contribution < -0.4 is 10.1 Å². The fraction of sp³-hybridized carbons (Fsp3) is 0.333. The molecule has 0 heterocycles. The maximum absolute atomic E-state index is 13.5. The lowest BCUT2D eigenvalue weighted by Gasteiger charge is -2.14. The highest BCUT2D eigenvalue weighted by molar-refractivity contribution is 5.42. The van der Waals surface area contributed by atoms with Gasteiger partial charge in [-0.15, -0.1) is 0 Å². The molecule has 0 unspecified atom stereocenters. The topological polar surface area (TPSA) is 21.3 Å². The lowest BCUT2D eigenvalue weighted by molar-refractivity contribution is 0.466. The zero-order valence-corrected chi connectivity index (χ0v) is 12.4. The Hall–Kier alpha value is -1.87. The second kappa shape index (κ2) is 5.86. The van der Waals surface area contributed by atoms with Crippen LogP contribution in [0.15, 0.2) is 36.4 Å². The molecule has 0 bridgehead atoms. The SMILES string of the molecule is Cc1ccc(C)c(Oc2ccc(F)cc2CNC2CC2)c1. The zero-order valence-electron chi connectivity index (χ0n) is 12.4. The first-order valence-electron chi connectivity index (χ1n) is 7.39. The van der Waals surface area contributed by atoms with Crippen LogP contribution in [-0.4, -0.2) is 6.04 Å². The number of hydrogen-bond acceptors (Lipinski definition) is 2. The van der Waals surface area contributed by atoms with Crippen LogP contribution >= 0.6 is 0 Å². The van der Waals surface area contributed by atoms with E-state index < -0.39 is 0 Å². The van der Waals surface area contributed by atoms with Crippen LogP contribution in [0.2, 0.25) is 0 Å². The highest BCUT2D eigenvalue weighted by Crippen LogP contribution is 2.30. The number of nitrogens with one attached hydrogen (secondary N) is 1. The monoisotopic (exact) mass is 285 g/mol. The van der Waals surface area contributed by atoms with Crippen molar-refractivity contribution in [2.45, 2.75) is 39.3 Å². The quantitative estimate of drug-likeness (QED) is 0.874. The molecule has 0 atom stereocenters. The van der Waals surface area contributed by atoms with E-state index in [4.69, 9.17) is 4.74 Å². The van der Waals surface area contributed by atoms with E-state index in [0.717, 1.165) is 28.2 Å². The average Bonchev–Trinajstić information content (AvgIpc) is 3.27. The van der Waals surface area contributed by atoms with E-state index in [1.54, 1.807) is 12.1 Å². The van der Waals surface area contributed by atoms with Crippen molar-refractivity contribution in [1.29, 1.82) is 0 Å². The van der Waals surface area contributed by atoms with Crippen molar-refractivity contribution in [2.75, 3.05) is 0 Å². The summed E-state index contributed by atoms with van der Waals surface area (Å²) in [4.78, 5) is 0. The van der Waals surface area contributed by atoms with E-state index in [2.05, 4.69) is 11.4 Å². The van der Waals surface area contributed by atoms with Gasteiger partial charge in [0.05, 0.1) is 0 Å². The largest absolute Gasteiger partial charge is 0.457 e. The molecule has 0 aromatic heterocycles. The number of ether oxygens (including phenoxy) is 1. The molecule has 3 heteroatoms. The smallest absolute Gasteiger partial charge is 0.132 e. The molecule has 2 aromatic rings. The van der Waals surface area contributed by atoms with Crippen LogP contribution in [0, 0.1) is 19.7 Å². The van der Waals surface area contributed by atoms with E-state index in [0.29, 0.717) is 12.6 Å². The molecule has 0 amide bonds. The van der Waals surface area contributed by atoms with Gasteiger partial charge in [0.1, 0.15) is 17.3 Å². The highest BCUT2D eigenvalue weighted by atomic mass is 19.1. The fourth-order valence-electron chi connectivity index (χ4n) is 2.26. The van der Waals surface area contributed by atoms with Crippen LogP contribution in [-0.2, 0) is 6.54 Å². The number of aryl methyl sites for hydroxylation is 2. The van der Waals surface area contributed by atoms with E-state index in [1.165, 1.54) is 18.9 Å². The van der Waals surface area contributed by atoms with Crippen molar-refractivity contribution in [3.05, 3.63) is 58.9 Å². The molecule has 0 aliphatic heterocycles. The Bertz CT molecular complexity index is 650. The minimum atomic E-state index is -0.226. The van der Waals surface area contributed by atoms with Gasteiger partial charge in [0, 0.05) is 18.2 Å². The average molecular weight is 285 g/mol. The Morgan fingerprint density at radius 3 is 2.67 bits per heavy atom. The lowest BCUT2D eigenvalue weighted by atomic mass is 10.1. The second-order valence-corrected chi connectivity index (χ2v) is 5.78. The first-order chi connectivity index (χ1) is 10.1. The van der Waals surface area contributed by atoms with Crippen LogP contribution in [0.1, 0.15) is 29.5 Å². The van der Waals surface area contributed by atoms with Gasteiger partial charge < -0.3 is 10.1 Å². The minimum absolute atomic E-state index is 0.226. The second-order valence-electron chi connectivity index (χ2n) is 5.78. The molecule has 1 fully saturated rings. The third-order valence-corrected chi connectivity index (χ3v) is 3.74. The number of benzene rings is 2. The third kappa shape index (κ3) is 3.61.